The van der Waals surface area contributed by atoms with E-state index in [1.807, 2.05) is 99.6 Å². The maximum absolute atomic E-state index is 14.9. The van der Waals surface area contributed by atoms with Crippen molar-refractivity contribution < 1.29 is 57.7 Å². The van der Waals surface area contributed by atoms with Crippen molar-refractivity contribution in [3.05, 3.63) is 48.0 Å². The van der Waals surface area contributed by atoms with Crippen molar-refractivity contribution in [3.8, 4) is 0 Å². The van der Waals surface area contributed by atoms with E-state index in [1.54, 1.807) is 21.0 Å². The minimum Gasteiger partial charge on any atom is -0.459 e. The number of aliphatic hydroxyl groups excluding tert-OH is 2. The van der Waals surface area contributed by atoms with Crippen molar-refractivity contribution in [2.24, 2.45) is 29.6 Å². The van der Waals surface area contributed by atoms with Gasteiger partial charge in [-0.25, -0.2) is 0 Å². The number of Topliss-reactive ketones (excluding diaryl/α,β-unsaturated/α-hetero) is 1. The number of ketones is 1. The minimum absolute atomic E-state index is 0.00181. The average Bonchev–Trinajstić information content (AvgIpc) is 3.56. The summed E-state index contributed by atoms with van der Waals surface area (Å²) in [7, 11) is 7.43. The Balaban J connectivity index is 1.65. The molecular weight excluding hydrogens is 821 g/mol. The Bertz CT molecular complexity index is 1700. The summed E-state index contributed by atoms with van der Waals surface area (Å²) < 4.78 is 53.0. The number of hydrogen-bond acceptors (Lipinski definition) is 14. The van der Waals surface area contributed by atoms with Crippen LogP contribution < -0.4 is 0 Å². The smallest absolute Gasteiger partial charge is 0.311 e. The summed E-state index contributed by atoms with van der Waals surface area (Å²) in [5, 5.41) is 23.1. The zero-order valence-electron chi connectivity index (χ0n) is 41.3. The molecule has 0 saturated carbocycles. The van der Waals surface area contributed by atoms with Crippen LogP contribution in [0.3, 0.4) is 0 Å². The summed E-state index contributed by atoms with van der Waals surface area (Å²) >= 11 is 0. The van der Waals surface area contributed by atoms with Crippen LogP contribution in [0, 0.1) is 29.6 Å². The predicted octanol–water partition coefficient (Wildman–Crippen LogP) is 5.79. The second-order valence-corrected chi connectivity index (χ2v) is 20.4. The fraction of sp³-hybridized carbons (Fsp3) is 0.800. The van der Waals surface area contributed by atoms with Gasteiger partial charge >= 0.3 is 5.97 Å². The molecule has 0 radical (unpaired) electrons. The van der Waals surface area contributed by atoms with E-state index >= 15 is 0 Å². The lowest BCUT2D eigenvalue weighted by molar-refractivity contribution is -0.320. The highest BCUT2D eigenvalue weighted by Crippen LogP contribution is 2.47. The molecule has 5 rings (SSSR count). The van der Waals surface area contributed by atoms with Crippen LogP contribution in [0.2, 0.25) is 0 Å². The molecule has 4 aliphatic rings. The first-order valence-electron chi connectivity index (χ1n) is 23.6. The number of methoxy groups -OCH3 is 1. The largest absolute Gasteiger partial charge is 0.459 e. The summed E-state index contributed by atoms with van der Waals surface area (Å²) in [5.41, 5.74) is -1.33. The number of nitrogens with zero attached hydrogens (tertiary/aromatic N) is 2. The van der Waals surface area contributed by atoms with Crippen molar-refractivity contribution in [1.82, 2.24) is 9.80 Å². The first-order valence-corrected chi connectivity index (χ1v) is 23.6. The van der Waals surface area contributed by atoms with Gasteiger partial charge in [-0.05, 0) is 93.1 Å². The van der Waals surface area contributed by atoms with E-state index in [0.717, 1.165) is 11.1 Å². The molecule has 0 amide bonds. The van der Waals surface area contributed by atoms with E-state index < -0.39 is 102 Å². The fourth-order valence-corrected chi connectivity index (χ4v) is 11.2. The molecule has 1 aromatic rings. The Morgan fingerprint density at radius 1 is 0.906 bits per heavy atom. The van der Waals surface area contributed by atoms with E-state index in [2.05, 4.69) is 23.6 Å². The summed E-state index contributed by atoms with van der Waals surface area (Å²) in [5.74, 6) is -3.62. The van der Waals surface area contributed by atoms with Crippen molar-refractivity contribution >= 4 is 11.8 Å². The highest BCUT2D eigenvalue weighted by Gasteiger charge is 2.57. The molecule has 2 N–H and O–H groups in total. The lowest BCUT2D eigenvalue weighted by atomic mass is 9.69. The first kappa shape index (κ1) is 52.6. The van der Waals surface area contributed by atoms with Gasteiger partial charge < -0.3 is 53.0 Å². The Morgan fingerprint density at radius 2 is 1.58 bits per heavy atom. The summed E-state index contributed by atoms with van der Waals surface area (Å²) in [4.78, 5) is 33.9. The van der Waals surface area contributed by atoms with Gasteiger partial charge in [0.15, 0.2) is 12.6 Å². The van der Waals surface area contributed by atoms with Crippen LogP contribution >= 0.6 is 0 Å². The molecule has 14 nitrogen and oxygen atoms in total. The summed E-state index contributed by atoms with van der Waals surface area (Å²) in [6.07, 6.45) is -6.10. The number of likely N-dealkylation sites (N-methyl/N-ethyl adjacent to an activating group) is 2. The molecule has 2 unspecified atom stereocenters. The van der Waals surface area contributed by atoms with E-state index in [4.69, 9.17) is 37.9 Å². The second-order valence-electron chi connectivity index (χ2n) is 20.4. The van der Waals surface area contributed by atoms with Gasteiger partial charge in [0.25, 0.3) is 0 Å². The van der Waals surface area contributed by atoms with Crippen molar-refractivity contribution in [1.29, 1.82) is 0 Å². The van der Waals surface area contributed by atoms with E-state index in [9.17, 15) is 19.8 Å². The molecule has 4 aliphatic heterocycles. The SMILES string of the molecule is C=C1CO[C@]2(C)[C@@H](CC)OC(=O)[C@H](C)[C@@H](OC3C[C@@](C)(OC)[C@@H](O)[C@H](C)O3)[C@H](C)[C@@H](O[C@@H]3O[C@H](C)C[C@H](N(C)C)[C@H]3O)[C@](C)(OCCN(C)Cc3ccccc3)C[C@@H](C)C(=O)C(C)[C@H]12. The standard InChI is InChI=1S/C50H82N2O12/c1-16-38-50(11)40(30(3)28-59-50)32(5)41(53)29(2)25-49(10,58-23-22-52(14)27-36-20-18-17-19-21-36)45(64-47-42(54)37(51(12)13)24-31(4)60-47)33(6)43(34(7)46(56)62-38)63-39-26-48(9,57-15)44(55)35(8)61-39/h17-21,29,31-35,37-40,42-45,47,54-55H,3,16,22-28H2,1-2,4-15H3/t29-,31-,32?,33+,34-,35+,37+,38-,39?,40+,42-,43+,44+,45-,47+,48-,49-,50-/m1/s1. The van der Waals surface area contributed by atoms with Gasteiger partial charge in [-0.3, -0.25) is 14.5 Å². The van der Waals surface area contributed by atoms with Crippen LogP contribution in [0.15, 0.2) is 42.5 Å². The quantitative estimate of drug-likeness (QED) is 0.181. The Kier molecular flexibility index (Phi) is 17.9. The maximum atomic E-state index is 14.9. The third kappa shape index (κ3) is 11.5. The molecule has 1 aromatic carbocycles. The Morgan fingerprint density at radius 3 is 2.20 bits per heavy atom. The molecule has 0 bridgehead atoms. The number of carbonyl (C=O) groups is 2. The summed E-state index contributed by atoms with van der Waals surface area (Å²) in [6.45, 7) is 25.1. The van der Waals surface area contributed by atoms with Crippen LogP contribution in [0.4, 0.5) is 0 Å². The van der Waals surface area contributed by atoms with Gasteiger partial charge in [0.1, 0.15) is 29.7 Å². The van der Waals surface area contributed by atoms with Gasteiger partial charge in [-0.2, -0.15) is 0 Å². The van der Waals surface area contributed by atoms with Crippen LogP contribution in [0.1, 0.15) is 100 Å². The van der Waals surface area contributed by atoms with Crippen LogP contribution in [-0.2, 0) is 54.0 Å². The predicted molar refractivity (Wildman–Crippen MR) is 243 cm³/mol. The van der Waals surface area contributed by atoms with Crippen molar-refractivity contribution in [3.63, 3.8) is 0 Å². The zero-order chi connectivity index (χ0) is 47.5. The molecule has 4 heterocycles. The number of carbonyl (C=O) groups excluding carboxylic acids is 2. The molecule has 4 fully saturated rings. The van der Waals surface area contributed by atoms with Gasteiger partial charge in [0, 0.05) is 56.3 Å². The monoisotopic (exact) mass is 903 g/mol. The summed E-state index contributed by atoms with van der Waals surface area (Å²) in [6, 6.07) is 9.93. The molecule has 0 spiro atoms. The fourth-order valence-electron chi connectivity index (χ4n) is 11.2. The van der Waals surface area contributed by atoms with Crippen molar-refractivity contribution in [2.75, 3.05) is 48.0 Å². The molecule has 14 heteroatoms. The van der Waals surface area contributed by atoms with Gasteiger partial charge in [0.05, 0.1) is 54.7 Å². The highest BCUT2D eigenvalue weighted by atomic mass is 16.7. The van der Waals surface area contributed by atoms with Crippen LogP contribution in [0.25, 0.3) is 0 Å². The Hall–Kier alpha value is -2.34. The number of aliphatic hydroxyl groups is 2. The van der Waals surface area contributed by atoms with E-state index in [1.165, 1.54) is 0 Å². The molecule has 64 heavy (non-hydrogen) atoms. The van der Waals surface area contributed by atoms with Gasteiger partial charge in [-0.1, -0.05) is 64.6 Å². The maximum Gasteiger partial charge on any atom is 0.311 e. The number of ether oxygens (including phenoxy) is 8. The number of cyclic esters (lactones) is 1. The normalized spacial score (nSPS) is 43.0. The first-order chi connectivity index (χ1) is 30.0. The zero-order valence-corrected chi connectivity index (χ0v) is 41.3. The number of benzene rings is 1. The highest BCUT2D eigenvalue weighted by molar-refractivity contribution is 5.84. The van der Waals surface area contributed by atoms with Gasteiger partial charge in [-0.15, -0.1) is 0 Å². The Labute approximate surface area is 383 Å². The molecule has 4 saturated heterocycles. The second kappa shape index (κ2) is 21.7. The number of hydrogen-bond donors (Lipinski definition) is 2. The third-order valence-corrected chi connectivity index (χ3v) is 15.0. The molecular formula is C50H82N2O12. The molecule has 0 aliphatic carbocycles. The van der Waals surface area contributed by atoms with Gasteiger partial charge in [0.2, 0.25) is 0 Å². The van der Waals surface area contributed by atoms with E-state index in [0.29, 0.717) is 25.9 Å². The molecule has 0 aromatic heterocycles. The minimum atomic E-state index is -1.23. The third-order valence-electron chi connectivity index (χ3n) is 15.0. The average molecular weight is 903 g/mol. The lowest BCUT2D eigenvalue weighted by Crippen LogP contribution is -2.61. The number of rotatable bonds is 13. The topological polar surface area (TPSA) is 155 Å². The van der Waals surface area contributed by atoms with Crippen LogP contribution in [0.5, 0.6) is 0 Å². The van der Waals surface area contributed by atoms with Crippen molar-refractivity contribution in [2.45, 2.75) is 180 Å². The number of fused-ring (bicyclic) bond motifs is 1. The van der Waals surface area contributed by atoms with Crippen LogP contribution in [-0.4, -0.2) is 158 Å². The number of esters is 1. The molecule has 18 atom stereocenters. The van der Waals surface area contributed by atoms with E-state index in [-0.39, 0.29) is 44.0 Å². The lowest BCUT2D eigenvalue weighted by Gasteiger charge is -2.50. The molecule has 364 valence electrons.